The molecule has 5 nitrogen and oxygen atoms in total. The van der Waals surface area contributed by atoms with Crippen molar-refractivity contribution in [3.05, 3.63) is 60.3 Å². The zero-order chi connectivity index (χ0) is 18.0. The summed E-state index contributed by atoms with van der Waals surface area (Å²) < 4.78 is 26.0. The lowest BCUT2D eigenvalue weighted by atomic mass is 10.1. The third-order valence-corrected chi connectivity index (χ3v) is 6.82. The first-order valence-corrected chi connectivity index (χ1v) is 10.5. The zero-order valence-corrected chi connectivity index (χ0v) is 16.7. The average molecular weight is 406 g/mol. The van der Waals surface area contributed by atoms with Gasteiger partial charge in [-0.05, 0) is 24.1 Å². The van der Waals surface area contributed by atoms with E-state index in [1.165, 1.54) is 0 Å². The van der Waals surface area contributed by atoms with Crippen molar-refractivity contribution >= 4 is 33.1 Å². The number of H-pyrrole nitrogens is 1. The molecule has 1 saturated heterocycles. The summed E-state index contributed by atoms with van der Waals surface area (Å²) in [4.78, 5) is 6.33. The minimum Gasteiger partial charge on any atom is -0.360 e. The third-order valence-electron chi connectivity index (χ3n) is 5.01. The topological polar surface area (TPSA) is 65.2 Å². The van der Waals surface area contributed by atoms with Crippen molar-refractivity contribution in [2.45, 2.75) is 16.2 Å². The van der Waals surface area contributed by atoms with Crippen LogP contribution in [-0.4, -0.2) is 51.0 Å². The average Bonchev–Trinajstić information content (AvgIpc) is 3.13. The summed E-state index contributed by atoms with van der Waals surface area (Å²) in [6.45, 7) is 5.18. The number of nitrogens with zero attached hydrogens (tertiary/aromatic N) is 1. The molecule has 0 radical (unpaired) electrons. The first-order chi connectivity index (χ1) is 12.7. The Labute approximate surface area is 166 Å². The highest BCUT2D eigenvalue weighted by atomic mass is 35.5. The molecule has 0 atom stereocenters. The van der Waals surface area contributed by atoms with Crippen LogP contribution in [0.5, 0.6) is 0 Å². The van der Waals surface area contributed by atoms with Crippen molar-refractivity contribution in [1.29, 1.82) is 0 Å². The van der Waals surface area contributed by atoms with E-state index in [2.05, 4.69) is 21.3 Å². The van der Waals surface area contributed by atoms with E-state index < -0.39 is 9.84 Å². The number of hydrogen-bond acceptors (Lipinski definition) is 4. The third kappa shape index (κ3) is 4.04. The predicted molar refractivity (Wildman–Crippen MR) is 110 cm³/mol. The van der Waals surface area contributed by atoms with Crippen LogP contribution in [0.25, 0.3) is 10.9 Å². The Morgan fingerprint density at radius 1 is 0.963 bits per heavy atom. The first kappa shape index (κ1) is 19.9. The number of rotatable bonds is 5. The first-order valence-electron chi connectivity index (χ1n) is 8.98. The van der Waals surface area contributed by atoms with Gasteiger partial charge in [0, 0.05) is 44.3 Å². The van der Waals surface area contributed by atoms with Gasteiger partial charge in [0.15, 0.2) is 0 Å². The van der Waals surface area contributed by atoms with Gasteiger partial charge in [-0.3, -0.25) is 0 Å². The maximum absolute atomic E-state index is 13.0. The molecule has 0 aliphatic carbocycles. The Bertz CT molecular complexity index is 996. The minimum atomic E-state index is -3.52. The van der Waals surface area contributed by atoms with E-state index in [0.29, 0.717) is 9.79 Å². The number of aromatic amines is 1. The Morgan fingerprint density at radius 2 is 1.70 bits per heavy atom. The molecule has 2 N–H and O–H groups in total. The van der Waals surface area contributed by atoms with Crippen LogP contribution >= 0.6 is 12.4 Å². The maximum atomic E-state index is 13.0. The summed E-state index contributed by atoms with van der Waals surface area (Å²) in [6, 6.07) is 14.5. The maximum Gasteiger partial charge on any atom is 0.208 e. The summed E-state index contributed by atoms with van der Waals surface area (Å²) >= 11 is 0. The number of para-hydroxylation sites is 1. The molecule has 0 spiro atoms. The molecule has 27 heavy (non-hydrogen) atoms. The quantitative estimate of drug-likeness (QED) is 0.685. The van der Waals surface area contributed by atoms with Gasteiger partial charge >= 0.3 is 0 Å². The van der Waals surface area contributed by atoms with Crippen LogP contribution < -0.4 is 5.32 Å². The van der Waals surface area contributed by atoms with E-state index in [4.69, 9.17) is 0 Å². The van der Waals surface area contributed by atoms with E-state index in [0.717, 1.165) is 55.6 Å². The number of fused-ring (bicyclic) bond motifs is 1. The van der Waals surface area contributed by atoms with Crippen LogP contribution in [0.4, 0.5) is 0 Å². The summed E-state index contributed by atoms with van der Waals surface area (Å²) in [5.41, 5.74) is 2.09. The van der Waals surface area contributed by atoms with E-state index >= 15 is 0 Å². The summed E-state index contributed by atoms with van der Waals surface area (Å²) in [7, 11) is -3.52. The lowest BCUT2D eigenvalue weighted by molar-refractivity contribution is 0.244. The normalized spacial score (nSPS) is 15.6. The van der Waals surface area contributed by atoms with Crippen molar-refractivity contribution in [3.63, 3.8) is 0 Å². The molecule has 1 aliphatic heterocycles. The van der Waals surface area contributed by atoms with Crippen LogP contribution in [0.15, 0.2) is 64.5 Å². The smallest absolute Gasteiger partial charge is 0.208 e. The lowest BCUT2D eigenvalue weighted by Crippen LogP contribution is -2.44. The fourth-order valence-electron chi connectivity index (χ4n) is 3.56. The lowest BCUT2D eigenvalue weighted by Gasteiger charge is -2.27. The summed E-state index contributed by atoms with van der Waals surface area (Å²) in [5.74, 6) is 0. The van der Waals surface area contributed by atoms with Crippen molar-refractivity contribution in [1.82, 2.24) is 15.2 Å². The Hall–Kier alpha value is -1.86. The molecule has 1 aromatic heterocycles. The Kier molecular flexibility index (Phi) is 6.22. The van der Waals surface area contributed by atoms with Gasteiger partial charge < -0.3 is 15.2 Å². The molecular weight excluding hydrogens is 382 g/mol. The second kappa shape index (κ2) is 8.44. The second-order valence-corrected chi connectivity index (χ2v) is 8.57. The van der Waals surface area contributed by atoms with Crippen LogP contribution in [0.3, 0.4) is 0 Å². The fourth-order valence-corrected chi connectivity index (χ4v) is 5.01. The molecule has 7 heteroatoms. The highest BCUT2D eigenvalue weighted by Gasteiger charge is 2.22. The predicted octanol–water partition coefficient (Wildman–Crippen LogP) is 2.87. The second-order valence-electron chi connectivity index (χ2n) is 6.65. The van der Waals surface area contributed by atoms with E-state index in [-0.39, 0.29) is 12.4 Å². The minimum absolute atomic E-state index is 0. The number of piperazine rings is 1. The van der Waals surface area contributed by atoms with Gasteiger partial charge in [0.05, 0.1) is 15.3 Å². The SMILES string of the molecule is Cl.O=S(=O)(c1ccccc1)c1c[nH]c2c(CCN3CCNCC3)cccc12. The molecule has 2 aromatic carbocycles. The van der Waals surface area contributed by atoms with Gasteiger partial charge in [0.25, 0.3) is 0 Å². The number of benzene rings is 2. The molecule has 4 rings (SSSR count). The van der Waals surface area contributed by atoms with Gasteiger partial charge in [-0.25, -0.2) is 8.42 Å². The molecule has 0 amide bonds. The van der Waals surface area contributed by atoms with Gasteiger partial charge in [-0.1, -0.05) is 36.4 Å². The molecular formula is C20H24ClN3O2S. The van der Waals surface area contributed by atoms with Gasteiger partial charge in [0.2, 0.25) is 9.84 Å². The standard InChI is InChI=1S/C20H23N3O2S.ClH/c24-26(25,17-6-2-1-3-7-17)19-15-22-20-16(5-4-8-18(19)20)9-12-23-13-10-21-11-14-23;/h1-8,15,21-22H,9-14H2;1H. The summed E-state index contributed by atoms with van der Waals surface area (Å²) in [6.07, 6.45) is 2.53. The Morgan fingerprint density at radius 3 is 2.44 bits per heavy atom. The summed E-state index contributed by atoms with van der Waals surface area (Å²) in [5, 5.41) is 4.13. The van der Waals surface area contributed by atoms with Crippen molar-refractivity contribution in [2.75, 3.05) is 32.7 Å². The highest BCUT2D eigenvalue weighted by Crippen LogP contribution is 2.30. The molecule has 144 valence electrons. The van der Waals surface area contributed by atoms with E-state index in [1.807, 2.05) is 18.2 Å². The van der Waals surface area contributed by atoms with Crippen molar-refractivity contribution in [2.24, 2.45) is 0 Å². The van der Waals surface area contributed by atoms with E-state index in [9.17, 15) is 8.42 Å². The Balaban J connectivity index is 0.00000210. The number of hydrogen-bond donors (Lipinski definition) is 2. The largest absolute Gasteiger partial charge is 0.360 e. The number of aromatic nitrogens is 1. The molecule has 0 bridgehead atoms. The molecule has 0 saturated carbocycles. The molecule has 1 fully saturated rings. The van der Waals surface area contributed by atoms with Crippen LogP contribution in [0, 0.1) is 0 Å². The van der Waals surface area contributed by atoms with Crippen LogP contribution in [0.1, 0.15) is 5.56 Å². The number of nitrogens with one attached hydrogen (secondary N) is 2. The molecule has 2 heterocycles. The van der Waals surface area contributed by atoms with Crippen molar-refractivity contribution in [3.8, 4) is 0 Å². The van der Waals surface area contributed by atoms with Crippen LogP contribution in [0.2, 0.25) is 0 Å². The number of halogens is 1. The van der Waals surface area contributed by atoms with Crippen molar-refractivity contribution < 1.29 is 8.42 Å². The molecule has 0 unspecified atom stereocenters. The zero-order valence-electron chi connectivity index (χ0n) is 15.0. The van der Waals surface area contributed by atoms with Gasteiger partial charge in [0.1, 0.15) is 0 Å². The highest BCUT2D eigenvalue weighted by molar-refractivity contribution is 7.91. The van der Waals surface area contributed by atoms with E-state index in [1.54, 1.807) is 30.5 Å². The van der Waals surface area contributed by atoms with Crippen LogP contribution in [-0.2, 0) is 16.3 Å². The monoisotopic (exact) mass is 405 g/mol. The van der Waals surface area contributed by atoms with Gasteiger partial charge in [-0.2, -0.15) is 0 Å². The van der Waals surface area contributed by atoms with Gasteiger partial charge in [-0.15, -0.1) is 12.4 Å². The molecule has 1 aliphatic rings. The molecule has 3 aromatic rings. The number of sulfone groups is 1. The fraction of sp³-hybridized carbons (Fsp3) is 0.300.